The minimum atomic E-state index is -4.49. The molecule has 4 aliphatic carbocycles. The zero-order chi connectivity index (χ0) is 82.5. The van der Waals surface area contributed by atoms with Gasteiger partial charge in [-0.1, -0.05) is 135 Å². The quantitative estimate of drug-likeness (QED) is 0.0811. The Hall–Kier alpha value is -9.61. The lowest BCUT2D eigenvalue weighted by Crippen LogP contribution is -2.36. The maximum atomic E-state index is 13.4. The molecule has 8 aromatic rings. The second-order valence-electron chi connectivity index (χ2n) is 35.5. The molecule has 4 aromatic carbocycles. The van der Waals surface area contributed by atoms with E-state index in [0.717, 1.165) is 95.0 Å². The Morgan fingerprint density at radius 1 is 0.333 bits per heavy atom. The first-order valence-electron chi connectivity index (χ1n) is 38.0. The summed E-state index contributed by atoms with van der Waals surface area (Å²) in [6, 6.07) is 19.0. The summed E-state index contributed by atoms with van der Waals surface area (Å²) in [6.07, 6.45) is 10.4. The molecule has 0 amide bonds. The fraction of sp³-hybridized carbons (Fsp3) is 0.506. The molecule has 0 saturated heterocycles. The average molecular weight is 1530 g/mol. The van der Waals surface area contributed by atoms with E-state index in [1.54, 1.807) is 19.3 Å². The smallest absolute Gasteiger partial charge is 0.406 e. The molecule has 0 atom stereocenters. The standard InChI is InChI=1S/C22H26F3N3O2.C22H28F3N3.C22H29N3O2.C21H27N3O2/c1-13-8-15-16(21(4,5)7-6-20(15,2)3)9-17(13)28(12-22(23,24)25)19-26-10-14(11-27-19)18(29)30;1-14-11-26-19(27-12-14)28(13-22(23,24)25)18-10-17-16(9-15(18)2)20(3,4)7-8-21(17,5)6;1-7-25(20-23-12-15(13-24-20)19(26)27)18-11-17-16(10-14(18)2)21(3,4)8-9-22(17,5)6;1-6-24(19-22-12-14(13-23-19)18(25)26)15-7-8-16-17(11-15)21(4,5)10-9-20(16,2)3/h8-11H,6-7,12H2,1-5H3,(H,29,30);9-12H,7-8,13H2,1-6H3;10-13H,7-9H2,1-6H3,(H,26,27);7-8,11-13H,6,9-10H2,1-5H3,(H,25,26). The molecule has 0 fully saturated rings. The second-order valence-corrected chi connectivity index (χ2v) is 35.5. The summed E-state index contributed by atoms with van der Waals surface area (Å²) in [4.78, 5) is 72.7. The summed E-state index contributed by atoms with van der Waals surface area (Å²) in [7, 11) is 0. The van der Waals surface area contributed by atoms with E-state index in [4.69, 9.17) is 15.3 Å². The summed E-state index contributed by atoms with van der Waals surface area (Å²) in [5.74, 6) is -2.34. The van der Waals surface area contributed by atoms with E-state index in [-0.39, 0.29) is 71.9 Å². The van der Waals surface area contributed by atoms with E-state index in [2.05, 4.69) is 206 Å². The molecule has 0 aliphatic heterocycles. The number of carboxylic acid groups (broad SMARTS) is 3. The lowest BCUT2D eigenvalue weighted by Gasteiger charge is -2.43. The van der Waals surface area contributed by atoms with E-state index in [1.807, 2.05) is 43.9 Å². The van der Waals surface area contributed by atoms with Gasteiger partial charge in [0.15, 0.2) is 0 Å². The average Bonchev–Trinajstić information content (AvgIpc) is 0.753. The van der Waals surface area contributed by atoms with Gasteiger partial charge in [-0.3, -0.25) is 0 Å². The number of anilines is 8. The number of halogens is 6. The molecule has 0 spiro atoms. The molecule has 4 heterocycles. The number of aryl methyl sites for hydroxylation is 4. The molecule has 0 radical (unpaired) electrons. The van der Waals surface area contributed by atoms with Gasteiger partial charge in [-0.2, -0.15) is 26.3 Å². The van der Waals surface area contributed by atoms with Crippen LogP contribution in [0.4, 0.5) is 72.9 Å². The predicted molar refractivity (Wildman–Crippen MR) is 426 cm³/mol. The van der Waals surface area contributed by atoms with E-state index < -0.39 is 43.4 Å². The van der Waals surface area contributed by atoms with Crippen molar-refractivity contribution >= 4 is 64.5 Å². The van der Waals surface area contributed by atoms with Crippen molar-refractivity contribution in [1.29, 1.82) is 0 Å². The first-order chi connectivity index (χ1) is 51.2. The van der Waals surface area contributed by atoms with Crippen molar-refractivity contribution in [3.05, 3.63) is 188 Å². The van der Waals surface area contributed by atoms with Gasteiger partial charge < -0.3 is 34.9 Å². The first-order valence-corrected chi connectivity index (χ1v) is 38.0. The number of carbonyl (C=O) groups is 3. The predicted octanol–water partition coefficient (Wildman–Crippen LogP) is 21.3. The molecule has 596 valence electrons. The minimum Gasteiger partial charge on any atom is -0.478 e. The van der Waals surface area contributed by atoms with Crippen LogP contribution >= 0.6 is 0 Å². The fourth-order valence-electron chi connectivity index (χ4n) is 15.7. The van der Waals surface area contributed by atoms with Crippen LogP contribution in [0.1, 0.15) is 274 Å². The van der Waals surface area contributed by atoms with Gasteiger partial charge in [0.1, 0.15) is 13.1 Å². The third kappa shape index (κ3) is 19.1. The van der Waals surface area contributed by atoms with Crippen LogP contribution in [0.15, 0.2) is 104 Å². The van der Waals surface area contributed by atoms with Gasteiger partial charge >= 0.3 is 30.3 Å². The number of hydrogen-bond donors (Lipinski definition) is 3. The van der Waals surface area contributed by atoms with Crippen molar-refractivity contribution in [1.82, 2.24) is 39.9 Å². The maximum absolute atomic E-state index is 13.4. The minimum absolute atomic E-state index is 0.00333. The van der Waals surface area contributed by atoms with E-state index in [0.29, 0.717) is 41.9 Å². The first kappa shape index (κ1) is 85.4. The zero-order valence-electron chi connectivity index (χ0n) is 68.5. The molecule has 0 saturated carbocycles. The van der Waals surface area contributed by atoms with Crippen LogP contribution in [0.25, 0.3) is 0 Å². The van der Waals surface area contributed by atoms with Crippen LogP contribution in [0.3, 0.4) is 0 Å². The third-order valence-corrected chi connectivity index (χ3v) is 23.2. The van der Waals surface area contributed by atoms with Crippen molar-refractivity contribution < 1.29 is 56.0 Å². The fourth-order valence-corrected chi connectivity index (χ4v) is 15.7. The van der Waals surface area contributed by atoms with Crippen molar-refractivity contribution in [2.24, 2.45) is 0 Å². The third-order valence-electron chi connectivity index (χ3n) is 23.2. The summed E-state index contributed by atoms with van der Waals surface area (Å²) in [6.45, 7) is 46.5. The maximum Gasteiger partial charge on any atom is 0.406 e. The number of alkyl halides is 6. The number of aromatic carboxylic acids is 3. The number of aromatic nitrogens is 8. The lowest BCUT2D eigenvalue weighted by atomic mass is 9.63. The Morgan fingerprint density at radius 3 is 0.820 bits per heavy atom. The Morgan fingerprint density at radius 2 is 0.559 bits per heavy atom. The van der Waals surface area contributed by atoms with Gasteiger partial charge in [-0.15, -0.1) is 0 Å². The molecule has 4 aliphatic rings. The Balaban J connectivity index is 0.000000170. The number of carboxylic acids is 3. The summed E-state index contributed by atoms with van der Waals surface area (Å²) in [5, 5.41) is 27.1. The monoisotopic (exact) mass is 1530 g/mol. The molecule has 12 rings (SSSR count). The van der Waals surface area contributed by atoms with Crippen molar-refractivity contribution in [3.63, 3.8) is 0 Å². The molecule has 111 heavy (non-hydrogen) atoms. The van der Waals surface area contributed by atoms with Crippen LogP contribution in [0.2, 0.25) is 0 Å². The molecule has 0 bridgehead atoms. The van der Waals surface area contributed by atoms with E-state index in [9.17, 15) is 40.7 Å². The number of fused-ring (bicyclic) bond motifs is 4. The number of benzene rings is 4. The van der Waals surface area contributed by atoms with Gasteiger partial charge in [0.05, 0.1) is 16.7 Å². The molecule has 0 unspecified atom stereocenters. The Bertz CT molecular complexity index is 4730. The molecule has 24 heteroatoms. The van der Waals surface area contributed by atoms with Crippen LogP contribution < -0.4 is 19.6 Å². The van der Waals surface area contributed by atoms with E-state index >= 15 is 0 Å². The van der Waals surface area contributed by atoms with E-state index in [1.165, 1.54) is 75.9 Å². The molecular weight excluding hydrogens is 1420 g/mol. The highest BCUT2D eigenvalue weighted by molar-refractivity contribution is 5.88. The van der Waals surface area contributed by atoms with Crippen molar-refractivity contribution in [3.8, 4) is 0 Å². The van der Waals surface area contributed by atoms with Crippen LogP contribution in [0.5, 0.6) is 0 Å². The van der Waals surface area contributed by atoms with Crippen molar-refractivity contribution in [2.75, 3.05) is 45.8 Å². The Labute approximate surface area is 650 Å². The summed E-state index contributed by atoms with van der Waals surface area (Å²) >= 11 is 0. The van der Waals surface area contributed by atoms with Crippen LogP contribution in [0, 0.1) is 27.7 Å². The van der Waals surface area contributed by atoms with Gasteiger partial charge in [-0.25, -0.2) is 54.3 Å². The van der Waals surface area contributed by atoms with Crippen molar-refractivity contribution in [2.45, 2.75) is 259 Å². The van der Waals surface area contributed by atoms with Crippen LogP contribution in [-0.2, 0) is 43.3 Å². The number of hydrogen-bond acceptors (Lipinski definition) is 15. The largest absolute Gasteiger partial charge is 0.478 e. The highest BCUT2D eigenvalue weighted by atomic mass is 19.4. The normalized spacial score (nSPS) is 17.5. The Kier molecular flexibility index (Phi) is 24.2. The lowest BCUT2D eigenvalue weighted by molar-refractivity contribution is -0.119. The molecule has 18 nitrogen and oxygen atoms in total. The zero-order valence-corrected chi connectivity index (χ0v) is 68.5. The molecular formula is C87H110F6N12O6. The summed E-state index contributed by atoms with van der Waals surface area (Å²) in [5.41, 5.74) is 16.9. The highest BCUT2D eigenvalue weighted by Gasteiger charge is 2.44. The molecule has 3 N–H and O–H groups in total. The molecule has 4 aromatic heterocycles. The number of rotatable bonds is 15. The van der Waals surface area contributed by atoms with Gasteiger partial charge in [0, 0.05) is 85.4 Å². The van der Waals surface area contributed by atoms with Gasteiger partial charge in [-0.05, 0) is 233 Å². The van der Waals surface area contributed by atoms with Crippen LogP contribution in [-0.4, -0.2) is 112 Å². The van der Waals surface area contributed by atoms with Gasteiger partial charge in [0.25, 0.3) is 0 Å². The topological polar surface area (TPSA) is 228 Å². The second kappa shape index (κ2) is 31.5. The number of nitrogens with zero attached hydrogens (tertiary/aromatic N) is 12. The SMILES string of the molecule is CCN(c1ccc2c(c1)C(C)(C)CCC2(C)C)c1ncc(C(=O)O)cn1.CCN(c1ncc(C(=O)O)cn1)c1cc2c(cc1C)C(C)(C)CCC2(C)C.Cc1cc2c(cc1N(CC(F)(F)F)c1ncc(C(=O)O)cn1)C(C)(C)CCC2(C)C.Cc1cnc(N(CC(F)(F)F)c2cc3c(cc2C)C(C)(C)CCC3(C)C)nc1. The highest BCUT2D eigenvalue weighted by Crippen LogP contribution is 2.53. The van der Waals surface area contributed by atoms with Gasteiger partial charge in [0.2, 0.25) is 23.8 Å². The summed E-state index contributed by atoms with van der Waals surface area (Å²) < 4.78 is 80.5.